The van der Waals surface area contributed by atoms with Gasteiger partial charge in [-0.1, -0.05) is 6.07 Å². The minimum atomic E-state index is -0.973. The van der Waals surface area contributed by atoms with E-state index < -0.39 is 5.97 Å². The number of fused-ring (bicyclic) bond motifs is 2. The van der Waals surface area contributed by atoms with Crippen LogP contribution in [0.15, 0.2) is 36.4 Å². The number of carbonyl (C=O) groups is 4. The molecule has 0 radical (unpaired) electrons. The van der Waals surface area contributed by atoms with Crippen LogP contribution in [0.3, 0.4) is 0 Å². The van der Waals surface area contributed by atoms with Gasteiger partial charge in [0.05, 0.1) is 29.9 Å². The molecule has 2 aromatic carbocycles. The largest absolute Gasteiger partial charge is 0.493 e. The predicted octanol–water partition coefficient (Wildman–Crippen LogP) is 7.04. The molecule has 9 heteroatoms. The Morgan fingerprint density at radius 3 is 2.03 bits per heavy atom. The molecule has 0 bridgehead atoms. The number of carbonyl (C=O) groups excluding carboxylic acids is 3. The summed E-state index contributed by atoms with van der Waals surface area (Å²) in [5, 5.41) is 10.7. The quantitative estimate of drug-likeness (QED) is 0.129. The summed E-state index contributed by atoms with van der Waals surface area (Å²) < 4.78 is 13.5. The molecule has 4 rings (SSSR count). The van der Waals surface area contributed by atoms with Crippen molar-refractivity contribution in [1.29, 1.82) is 0 Å². The summed E-state index contributed by atoms with van der Waals surface area (Å²) in [6, 6.07) is 11.6. The molecule has 4 aromatic rings. The third-order valence-corrected chi connectivity index (χ3v) is 8.72. The summed E-state index contributed by atoms with van der Waals surface area (Å²) in [6.07, 6.45) is 1.85. The van der Waals surface area contributed by atoms with E-state index in [2.05, 4.69) is 12.1 Å². The molecule has 0 spiro atoms. The lowest BCUT2D eigenvalue weighted by atomic mass is 10.0. The number of carboxylic acids is 1. The van der Waals surface area contributed by atoms with Crippen molar-refractivity contribution in [3.8, 4) is 11.5 Å². The number of thiophene rings is 2. The highest BCUT2D eigenvalue weighted by atomic mass is 32.1. The molecule has 0 aliphatic carbocycles. The van der Waals surface area contributed by atoms with Crippen molar-refractivity contribution >= 4 is 66.2 Å². The van der Waals surface area contributed by atoms with Gasteiger partial charge in [-0.3, -0.25) is 14.4 Å². The fourth-order valence-corrected chi connectivity index (χ4v) is 6.45. The number of Topliss-reactive ketones (excluding diaryl/α,β-unsaturated/α-hetero) is 3. The number of ketones is 3. The fourth-order valence-electron chi connectivity index (χ4n) is 4.30. The van der Waals surface area contributed by atoms with Crippen molar-refractivity contribution in [2.75, 3.05) is 13.7 Å². The third kappa shape index (κ3) is 7.10. The maximum atomic E-state index is 12.5. The van der Waals surface area contributed by atoms with E-state index in [-0.39, 0.29) is 43.0 Å². The van der Waals surface area contributed by atoms with Crippen molar-refractivity contribution in [3.05, 3.63) is 57.3 Å². The molecule has 2 aromatic heterocycles. The van der Waals surface area contributed by atoms with Crippen molar-refractivity contribution in [1.82, 2.24) is 0 Å². The molecular formula is C30H30O7S2. The lowest BCUT2D eigenvalue weighted by Gasteiger charge is -2.12. The van der Waals surface area contributed by atoms with Crippen LogP contribution in [0.2, 0.25) is 0 Å². The van der Waals surface area contributed by atoms with Gasteiger partial charge in [0.1, 0.15) is 5.78 Å². The number of hydrogen-bond donors (Lipinski definition) is 1. The van der Waals surface area contributed by atoms with Crippen LogP contribution in [0.25, 0.3) is 20.2 Å². The summed E-state index contributed by atoms with van der Waals surface area (Å²) in [6.45, 7) is 4.00. The zero-order valence-electron chi connectivity index (χ0n) is 22.1. The Kier molecular flexibility index (Phi) is 9.14. The Hall–Kier alpha value is -3.56. The van der Waals surface area contributed by atoms with E-state index in [4.69, 9.17) is 14.6 Å². The van der Waals surface area contributed by atoms with Crippen molar-refractivity contribution < 1.29 is 33.8 Å². The summed E-state index contributed by atoms with van der Waals surface area (Å²) >= 11 is 2.79. The highest BCUT2D eigenvalue weighted by molar-refractivity contribution is 7.21. The van der Waals surface area contributed by atoms with Crippen LogP contribution in [0.1, 0.15) is 69.5 Å². The van der Waals surface area contributed by atoms with Gasteiger partial charge in [-0.2, -0.15) is 0 Å². The maximum absolute atomic E-state index is 12.5. The number of methoxy groups -OCH3 is 1. The van der Waals surface area contributed by atoms with Crippen LogP contribution >= 0.6 is 22.7 Å². The number of hydrogen-bond acceptors (Lipinski definition) is 8. The van der Waals surface area contributed by atoms with E-state index in [0.717, 1.165) is 38.6 Å². The van der Waals surface area contributed by atoms with Crippen molar-refractivity contribution in [3.63, 3.8) is 0 Å². The first-order chi connectivity index (χ1) is 18.6. The van der Waals surface area contributed by atoms with Gasteiger partial charge in [0, 0.05) is 34.7 Å². The Labute approximate surface area is 234 Å². The highest BCUT2D eigenvalue weighted by Gasteiger charge is 2.16. The Morgan fingerprint density at radius 1 is 0.795 bits per heavy atom. The monoisotopic (exact) mass is 566 g/mol. The molecular weight excluding hydrogens is 536 g/mol. The van der Waals surface area contributed by atoms with E-state index in [9.17, 15) is 19.2 Å². The van der Waals surface area contributed by atoms with E-state index >= 15 is 0 Å². The first-order valence-corrected chi connectivity index (χ1v) is 14.3. The van der Waals surface area contributed by atoms with E-state index in [1.165, 1.54) is 35.2 Å². The average molecular weight is 567 g/mol. The second-order valence-electron chi connectivity index (χ2n) is 9.47. The van der Waals surface area contributed by atoms with Gasteiger partial charge in [0.2, 0.25) is 0 Å². The fraction of sp³-hybridized carbons (Fsp3) is 0.333. The number of aryl methyl sites for hydroxylation is 2. The topological polar surface area (TPSA) is 107 Å². The molecule has 0 atom stereocenters. The van der Waals surface area contributed by atoms with Gasteiger partial charge in [-0.25, -0.2) is 0 Å². The van der Waals surface area contributed by atoms with Crippen LogP contribution in [-0.2, 0) is 16.0 Å². The third-order valence-electron chi connectivity index (χ3n) is 6.45. The minimum Gasteiger partial charge on any atom is -0.493 e. The van der Waals surface area contributed by atoms with Gasteiger partial charge >= 0.3 is 5.97 Å². The Morgan fingerprint density at radius 2 is 1.41 bits per heavy atom. The maximum Gasteiger partial charge on any atom is 0.303 e. The summed E-state index contributed by atoms with van der Waals surface area (Å²) in [5.74, 6) is 0.0555. The summed E-state index contributed by atoms with van der Waals surface area (Å²) in [4.78, 5) is 48.0. The lowest BCUT2D eigenvalue weighted by molar-refractivity contribution is -0.137. The van der Waals surface area contributed by atoms with E-state index in [0.29, 0.717) is 27.9 Å². The van der Waals surface area contributed by atoms with Crippen LogP contribution in [0, 0.1) is 6.92 Å². The highest BCUT2D eigenvalue weighted by Crippen LogP contribution is 2.37. The number of benzene rings is 2. The molecule has 204 valence electrons. The molecule has 2 heterocycles. The molecule has 0 saturated carbocycles. The van der Waals surface area contributed by atoms with Gasteiger partial charge in [-0.15, -0.1) is 22.7 Å². The smallest absolute Gasteiger partial charge is 0.303 e. The molecule has 1 N–H and O–H groups in total. The molecule has 0 saturated heterocycles. The second kappa shape index (κ2) is 12.5. The van der Waals surface area contributed by atoms with Gasteiger partial charge in [0.15, 0.2) is 23.1 Å². The lowest BCUT2D eigenvalue weighted by Crippen LogP contribution is -2.02. The van der Waals surface area contributed by atoms with Crippen LogP contribution in [0.4, 0.5) is 0 Å². The number of ether oxygens (including phenoxy) is 2. The summed E-state index contributed by atoms with van der Waals surface area (Å²) in [7, 11) is 1.58. The molecule has 0 fully saturated rings. The van der Waals surface area contributed by atoms with Crippen LogP contribution < -0.4 is 9.47 Å². The average Bonchev–Trinajstić information content (AvgIpc) is 3.51. The molecule has 0 amide bonds. The number of rotatable bonds is 14. The molecule has 0 aliphatic heterocycles. The number of aliphatic carboxylic acids is 1. The van der Waals surface area contributed by atoms with Gasteiger partial charge < -0.3 is 19.4 Å². The molecule has 0 aliphatic rings. The van der Waals surface area contributed by atoms with E-state index in [1.807, 2.05) is 31.2 Å². The molecule has 7 nitrogen and oxygen atoms in total. The Bertz CT molecular complexity index is 1560. The van der Waals surface area contributed by atoms with Crippen molar-refractivity contribution in [2.24, 2.45) is 0 Å². The zero-order chi connectivity index (χ0) is 28.1. The van der Waals surface area contributed by atoms with Gasteiger partial charge in [0.25, 0.3) is 0 Å². The first-order valence-electron chi connectivity index (χ1n) is 12.7. The van der Waals surface area contributed by atoms with Crippen LogP contribution in [-0.4, -0.2) is 42.1 Å². The Balaban J connectivity index is 1.40. The SMILES string of the molecule is COc1cc2cc(C(=O)CCC(C)=O)sc2cc1OCCCc1cc2cc(C(=O)CCC(=O)O)sc2cc1C. The number of carboxylic acid groups (broad SMARTS) is 1. The second-order valence-corrected chi connectivity index (χ2v) is 11.6. The van der Waals surface area contributed by atoms with Gasteiger partial charge in [-0.05, 0) is 72.9 Å². The molecule has 39 heavy (non-hydrogen) atoms. The molecule has 0 unspecified atom stereocenters. The van der Waals surface area contributed by atoms with Crippen molar-refractivity contribution in [2.45, 2.75) is 52.4 Å². The normalized spacial score (nSPS) is 11.2. The predicted molar refractivity (Wildman–Crippen MR) is 154 cm³/mol. The zero-order valence-corrected chi connectivity index (χ0v) is 23.8. The van der Waals surface area contributed by atoms with Crippen LogP contribution in [0.5, 0.6) is 11.5 Å². The minimum absolute atomic E-state index is 0.0000802. The standard InChI is InChI=1S/C30H30O7S2/c1-17-11-26-20(14-28(38-26)23(33)8-9-30(34)35)12-19(17)5-4-10-37-25-16-27-21(13-24(25)36-3)15-29(39-27)22(32)7-6-18(2)31/h11-16H,4-10H2,1-3H3,(H,34,35). The first kappa shape index (κ1) is 28.4. The van der Waals surface area contributed by atoms with E-state index in [1.54, 1.807) is 7.11 Å². The summed E-state index contributed by atoms with van der Waals surface area (Å²) in [5.41, 5.74) is 2.30.